The highest BCUT2D eigenvalue weighted by Gasteiger charge is 2.20. The standard InChI is InChI=1S/C11H15N3O5/c1-13(2)6-7-19-10-9(14(16)17)5-4-8(12-10)11(15)18-3/h4-5H,6-7H2,1-3H3. The van der Waals surface area contributed by atoms with Crippen LogP contribution in [0.2, 0.25) is 0 Å². The summed E-state index contributed by atoms with van der Waals surface area (Å²) in [5, 5.41) is 10.8. The molecule has 19 heavy (non-hydrogen) atoms. The van der Waals surface area contributed by atoms with Crippen LogP contribution in [0.1, 0.15) is 10.5 Å². The van der Waals surface area contributed by atoms with Gasteiger partial charge in [-0.25, -0.2) is 9.78 Å². The van der Waals surface area contributed by atoms with E-state index in [1.165, 1.54) is 19.2 Å². The summed E-state index contributed by atoms with van der Waals surface area (Å²) in [4.78, 5) is 27.2. The van der Waals surface area contributed by atoms with Crippen molar-refractivity contribution in [3.63, 3.8) is 0 Å². The predicted molar refractivity (Wildman–Crippen MR) is 66.3 cm³/mol. The smallest absolute Gasteiger partial charge is 0.356 e. The Hall–Kier alpha value is -2.22. The molecule has 1 aromatic heterocycles. The molecule has 0 bridgehead atoms. The highest BCUT2D eigenvalue weighted by molar-refractivity contribution is 5.87. The zero-order valence-electron chi connectivity index (χ0n) is 11.0. The second-order valence-corrected chi connectivity index (χ2v) is 3.92. The maximum atomic E-state index is 11.3. The molecule has 0 unspecified atom stereocenters. The van der Waals surface area contributed by atoms with Crippen molar-refractivity contribution in [1.82, 2.24) is 9.88 Å². The Morgan fingerprint density at radius 2 is 2.16 bits per heavy atom. The average Bonchev–Trinajstić information content (AvgIpc) is 2.37. The van der Waals surface area contributed by atoms with E-state index in [2.05, 4.69) is 9.72 Å². The summed E-state index contributed by atoms with van der Waals surface area (Å²) in [6, 6.07) is 2.40. The zero-order valence-corrected chi connectivity index (χ0v) is 11.0. The SMILES string of the molecule is COC(=O)c1ccc([N+](=O)[O-])c(OCCN(C)C)n1. The number of nitro groups is 1. The molecular formula is C11H15N3O5. The maximum Gasteiger partial charge on any atom is 0.356 e. The van der Waals surface area contributed by atoms with Gasteiger partial charge in [-0.2, -0.15) is 0 Å². The molecular weight excluding hydrogens is 254 g/mol. The van der Waals surface area contributed by atoms with Gasteiger partial charge in [0.25, 0.3) is 5.88 Å². The van der Waals surface area contributed by atoms with Crippen LogP contribution in [0.3, 0.4) is 0 Å². The van der Waals surface area contributed by atoms with E-state index in [4.69, 9.17) is 4.74 Å². The van der Waals surface area contributed by atoms with E-state index in [1.807, 2.05) is 19.0 Å². The van der Waals surface area contributed by atoms with Crippen molar-refractivity contribution < 1.29 is 19.2 Å². The minimum Gasteiger partial charge on any atom is -0.471 e. The van der Waals surface area contributed by atoms with Gasteiger partial charge in [0.1, 0.15) is 6.61 Å². The first-order valence-electron chi connectivity index (χ1n) is 5.47. The van der Waals surface area contributed by atoms with Crippen LogP contribution in [0.25, 0.3) is 0 Å². The molecule has 0 aromatic carbocycles. The summed E-state index contributed by atoms with van der Waals surface area (Å²) >= 11 is 0. The molecule has 1 aromatic rings. The molecule has 0 spiro atoms. The summed E-state index contributed by atoms with van der Waals surface area (Å²) in [5.74, 6) is -0.859. The van der Waals surface area contributed by atoms with Crippen LogP contribution in [0.15, 0.2) is 12.1 Å². The molecule has 0 fully saturated rings. The Morgan fingerprint density at radius 1 is 1.47 bits per heavy atom. The van der Waals surface area contributed by atoms with Crippen LogP contribution in [-0.4, -0.2) is 55.1 Å². The lowest BCUT2D eigenvalue weighted by molar-refractivity contribution is -0.386. The van der Waals surface area contributed by atoms with Crippen molar-refractivity contribution in [3.8, 4) is 5.88 Å². The Morgan fingerprint density at radius 3 is 2.68 bits per heavy atom. The number of esters is 1. The van der Waals surface area contributed by atoms with Gasteiger partial charge in [0.05, 0.1) is 12.0 Å². The Bertz CT molecular complexity index is 475. The summed E-state index contributed by atoms with van der Waals surface area (Å²) in [7, 11) is 4.89. The Balaban J connectivity index is 2.95. The lowest BCUT2D eigenvalue weighted by Crippen LogP contribution is -2.20. The van der Waals surface area contributed by atoms with Crippen molar-refractivity contribution in [3.05, 3.63) is 27.9 Å². The number of aromatic nitrogens is 1. The topological polar surface area (TPSA) is 94.8 Å². The van der Waals surface area contributed by atoms with Crippen molar-refractivity contribution in [2.24, 2.45) is 0 Å². The number of hydrogen-bond donors (Lipinski definition) is 0. The molecule has 0 aliphatic rings. The molecule has 0 amide bonds. The fraction of sp³-hybridized carbons (Fsp3) is 0.455. The van der Waals surface area contributed by atoms with Crippen molar-refractivity contribution in [2.45, 2.75) is 0 Å². The number of carbonyl (C=O) groups is 1. The third kappa shape index (κ3) is 4.18. The monoisotopic (exact) mass is 269 g/mol. The van der Waals surface area contributed by atoms with E-state index >= 15 is 0 Å². The first-order chi connectivity index (χ1) is 8.95. The third-order valence-electron chi connectivity index (χ3n) is 2.21. The van der Waals surface area contributed by atoms with Gasteiger partial charge in [0.2, 0.25) is 0 Å². The predicted octanol–water partition coefficient (Wildman–Crippen LogP) is 0.717. The van der Waals surface area contributed by atoms with Crippen LogP contribution >= 0.6 is 0 Å². The molecule has 8 heteroatoms. The van der Waals surface area contributed by atoms with Gasteiger partial charge in [-0.15, -0.1) is 0 Å². The van der Waals surface area contributed by atoms with E-state index in [0.717, 1.165) is 0 Å². The number of carbonyl (C=O) groups excluding carboxylic acids is 1. The number of methoxy groups -OCH3 is 1. The van der Waals surface area contributed by atoms with E-state index in [-0.39, 0.29) is 23.9 Å². The van der Waals surface area contributed by atoms with Crippen LogP contribution in [0.5, 0.6) is 5.88 Å². The number of ether oxygens (including phenoxy) is 2. The molecule has 0 radical (unpaired) electrons. The van der Waals surface area contributed by atoms with E-state index in [1.54, 1.807) is 0 Å². The van der Waals surface area contributed by atoms with Gasteiger partial charge in [-0.1, -0.05) is 0 Å². The highest BCUT2D eigenvalue weighted by atomic mass is 16.6. The van der Waals surface area contributed by atoms with Crippen molar-refractivity contribution in [1.29, 1.82) is 0 Å². The van der Waals surface area contributed by atoms with Crippen LogP contribution < -0.4 is 4.74 Å². The quantitative estimate of drug-likeness (QED) is 0.426. The fourth-order valence-corrected chi connectivity index (χ4v) is 1.22. The van der Waals surface area contributed by atoms with Crippen molar-refractivity contribution >= 4 is 11.7 Å². The van der Waals surface area contributed by atoms with Gasteiger partial charge >= 0.3 is 11.7 Å². The largest absolute Gasteiger partial charge is 0.471 e. The molecule has 0 saturated heterocycles. The third-order valence-corrected chi connectivity index (χ3v) is 2.21. The van der Waals surface area contributed by atoms with Crippen LogP contribution in [-0.2, 0) is 4.74 Å². The maximum absolute atomic E-state index is 11.3. The number of rotatable bonds is 6. The van der Waals surface area contributed by atoms with Gasteiger partial charge in [0, 0.05) is 12.6 Å². The first kappa shape index (κ1) is 14.8. The highest BCUT2D eigenvalue weighted by Crippen LogP contribution is 2.24. The Labute approximate surface area is 110 Å². The zero-order chi connectivity index (χ0) is 14.4. The average molecular weight is 269 g/mol. The molecule has 0 saturated carbocycles. The minimum absolute atomic E-state index is 0.0343. The van der Waals surface area contributed by atoms with Crippen LogP contribution in [0, 0.1) is 10.1 Å². The minimum atomic E-state index is -0.674. The summed E-state index contributed by atoms with van der Waals surface area (Å²) in [5.41, 5.74) is -0.320. The normalized spacial score (nSPS) is 10.3. The number of nitrogens with zero attached hydrogens (tertiary/aromatic N) is 3. The van der Waals surface area contributed by atoms with E-state index in [0.29, 0.717) is 6.54 Å². The van der Waals surface area contributed by atoms with Gasteiger partial charge < -0.3 is 14.4 Å². The summed E-state index contributed by atoms with van der Waals surface area (Å²) in [6.07, 6.45) is 0. The van der Waals surface area contributed by atoms with E-state index < -0.39 is 10.9 Å². The summed E-state index contributed by atoms with van der Waals surface area (Å²) < 4.78 is 9.74. The Kier molecular flexibility index (Phi) is 5.19. The lowest BCUT2D eigenvalue weighted by Gasteiger charge is -2.10. The lowest BCUT2D eigenvalue weighted by atomic mass is 10.3. The van der Waals surface area contributed by atoms with Gasteiger partial charge in [-0.05, 0) is 20.2 Å². The number of likely N-dealkylation sites (N-methyl/N-ethyl adjacent to an activating group) is 1. The van der Waals surface area contributed by atoms with Crippen molar-refractivity contribution in [2.75, 3.05) is 34.4 Å². The second kappa shape index (κ2) is 6.64. The molecule has 0 atom stereocenters. The molecule has 104 valence electrons. The molecule has 1 heterocycles. The van der Waals surface area contributed by atoms with Gasteiger partial charge in [-0.3, -0.25) is 10.1 Å². The molecule has 1 rings (SSSR count). The molecule has 8 nitrogen and oxygen atoms in total. The molecule has 0 aliphatic carbocycles. The number of pyridine rings is 1. The van der Waals surface area contributed by atoms with E-state index in [9.17, 15) is 14.9 Å². The number of hydrogen-bond acceptors (Lipinski definition) is 7. The van der Waals surface area contributed by atoms with Crippen LogP contribution in [0.4, 0.5) is 5.69 Å². The molecule has 0 N–H and O–H groups in total. The second-order valence-electron chi connectivity index (χ2n) is 3.92. The fourth-order valence-electron chi connectivity index (χ4n) is 1.22. The first-order valence-corrected chi connectivity index (χ1v) is 5.47. The van der Waals surface area contributed by atoms with Gasteiger partial charge in [0.15, 0.2) is 5.69 Å². The summed E-state index contributed by atoms with van der Waals surface area (Å²) in [6.45, 7) is 0.798. The molecule has 0 aliphatic heterocycles.